The first-order chi connectivity index (χ1) is 8.66. The third-order valence-electron chi connectivity index (χ3n) is 3.05. The lowest BCUT2D eigenvalue weighted by atomic mass is 10.2. The number of rotatable bonds is 4. The number of amides is 1. The van der Waals surface area contributed by atoms with Gasteiger partial charge in [-0.3, -0.25) is 4.79 Å². The second-order valence-electron chi connectivity index (χ2n) is 4.42. The standard InChI is InChI=1S/C13H17FN2OS/c14-11-3-4-12(15)10(7-11)8-18-9-13(17)16-5-1-2-6-16/h3-4,7H,1-2,5-6,8-9,15H2. The van der Waals surface area contributed by atoms with E-state index in [1.54, 1.807) is 6.07 Å². The number of hydrogen-bond acceptors (Lipinski definition) is 3. The number of carbonyl (C=O) groups is 1. The average Bonchev–Trinajstić information content (AvgIpc) is 2.87. The van der Waals surface area contributed by atoms with Crippen molar-refractivity contribution in [3.8, 4) is 0 Å². The third-order valence-corrected chi connectivity index (χ3v) is 4.01. The predicted molar refractivity (Wildman–Crippen MR) is 72.8 cm³/mol. The molecule has 0 radical (unpaired) electrons. The summed E-state index contributed by atoms with van der Waals surface area (Å²) in [7, 11) is 0. The van der Waals surface area contributed by atoms with Gasteiger partial charge >= 0.3 is 0 Å². The summed E-state index contributed by atoms with van der Waals surface area (Å²) in [6.45, 7) is 1.75. The number of anilines is 1. The van der Waals surface area contributed by atoms with Gasteiger partial charge in [0.25, 0.3) is 0 Å². The van der Waals surface area contributed by atoms with E-state index in [4.69, 9.17) is 5.73 Å². The van der Waals surface area contributed by atoms with Gasteiger partial charge < -0.3 is 10.6 Å². The van der Waals surface area contributed by atoms with Gasteiger partial charge in [0.2, 0.25) is 5.91 Å². The molecular formula is C13H17FN2OS. The highest BCUT2D eigenvalue weighted by molar-refractivity contribution is 7.99. The van der Waals surface area contributed by atoms with Crippen LogP contribution < -0.4 is 5.73 Å². The highest BCUT2D eigenvalue weighted by atomic mass is 32.2. The lowest BCUT2D eigenvalue weighted by molar-refractivity contribution is -0.127. The van der Waals surface area contributed by atoms with Crippen LogP contribution in [0, 0.1) is 5.82 Å². The second kappa shape index (κ2) is 6.09. The molecule has 1 aliphatic rings. The second-order valence-corrected chi connectivity index (χ2v) is 5.41. The molecule has 0 saturated carbocycles. The Hall–Kier alpha value is -1.23. The lowest BCUT2D eigenvalue weighted by Gasteiger charge is -2.14. The van der Waals surface area contributed by atoms with Gasteiger partial charge in [0, 0.05) is 24.5 Å². The molecule has 2 N–H and O–H groups in total. The molecule has 1 aromatic carbocycles. The Kier molecular flexibility index (Phi) is 4.47. The molecule has 0 atom stereocenters. The van der Waals surface area contributed by atoms with Gasteiger partial charge in [0.1, 0.15) is 5.82 Å². The Labute approximate surface area is 111 Å². The maximum Gasteiger partial charge on any atom is 0.232 e. The van der Waals surface area contributed by atoms with Crippen molar-refractivity contribution in [2.24, 2.45) is 0 Å². The molecule has 0 spiro atoms. The van der Waals surface area contributed by atoms with Crippen LogP contribution in [0.15, 0.2) is 18.2 Å². The summed E-state index contributed by atoms with van der Waals surface area (Å²) in [6.07, 6.45) is 2.21. The van der Waals surface area contributed by atoms with Crippen LogP contribution in [0.25, 0.3) is 0 Å². The van der Waals surface area contributed by atoms with Gasteiger partial charge in [-0.15, -0.1) is 11.8 Å². The van der Waals surface area contributed by atoms with E-state index < -0.39 is 0 Å². The molecule has 5 heteroatoms. The van der Waals surface area contributed by atoms with Crippen molar-refractivity contribution in [3.05, 3.63) is 29.6 Å². The fourth-order valence-electron chi connectivity index (χ4n) is 2.01. The fourth-order valence-corrected chi connectivity index (χ4v) is 2.93. The van der Waals surface area contributed by atoms with Crippen molar-refractivity contribution < 1.29 is 9.18 Å². The van der Waals surface area contributed by atoms with E-state index >= 15 is 0 Å². The fraction of sp³-hybridized carbons (Fsp3) is 0.462. The summed E-state index contributed by atoms with van der Waals surface area (Å²) < 4.78 is 13.0. The zero-order valence-electron chi connectivity index (χ0n) is 10.2. The number of nitrogens with zero attached hydrogens (tertiary/aromatic N) is 1. The Morgan fingerprint density at radius 3 is 2.83 bits per heavy atom. The number of benzene rings is 1. The summed E-state index contributed by atoms with van der Waals surface area (Å²) in [4.78, 5) is 13.7. The molecule has 0 unspecified atom stereocenters. The van der Waals surface area contributed by atoms with Crippen LogP contribution in [-0.4, -0.2) is 29.6 Å². The summed E-state index contributed by atoms with van der Waals surface area (Å²) in [5.74, 6) is 0.900. The Bertz CT molecular complexity index is 433. The maximum atomic E-state index is 13.0. The molecule has 1 aliphatic heterocycles. The van der Waals surface area contributed by atoms with Crippen LogP contribution in [-0.2, 0) is 10.5 Å². The van der Waals surface area contributed by atoms with Crippen LogP contribution in [0.5, 0.6) is 0 Å². The molecule has 0 aliphatic carbocycles. The van der Waals surface area contributed by atoms with E-state index in [-0.39, 0.29) is 11.7 Å². The highest BCUT2D eigenvalue weighted by Gasteiger charge is 2.17. The number of carbonyl (C=O) groups excluding carboxylic acids is 1. The summed E-state index contributed by atoms with van der Waals surface area (Å²) in [5, 5.41) is 0. The van der Waals surface area contributed by atoms with E-state index in [0.29, 0.717) is 17.2 Å². The minimum Gasteiger partial charge on any atom is -0.398 e. The van der Waals surface area contributed by atoms with E-state index in [0.717, 1.165) is 31.5 Å². The van der Waals surface area contributed by atoms with Gasteiger partial charge in [-0.05, 0) is 36.6 Å². The van der Waals surface area contributed by atoms with Gasteiger partial charge in [-0.25, -0.2) is 4.39 Å². The van der Waals surface area contributed by atoms with E-state index in [1.807, 2.05) is 4.90 Å². The first-order valence-corrected chi connectivity index (χ1v) is 7.22. The van der Waals surface area contributed by atoms with Crippen LogP contribution in [0.4, 0.5) is 10.1 Å². The third kappa shape index (κ3) is 3.38. The van der Waals surface area contributed by atoms with Crippen LogP contribution in [0.3, 0.4) is 0 Å². The molecule has 2 rings (SSSR count). The van der Waals surface area contributed by atoms with Crippen LogP contribution in [0.1, 0.15) is 18.4 Å². The molecule has 1 heterocycles. The van der Waals surface area contributed by atoms with Crippen molar-refractivity contribution in [3.63, 3.8) is 0 Å². The minimum atomic E-state index is -0.286. The monoisotopic (exact) mass is 268 g/mol. The van der Waals surface area contributed by atoms with Crippen molar-refractivity contribution >= 4 is 23.4 Å². The quantitative estimate of drug-likeness (QED) is 0.852. The SMILES string of the molecule is Nc1ccc(F)cc1CSCC(=O)N1CCCC1. The number of thioether (sulfide) groups is 1. The molecule has 0 aromatic heterocycles. The number of nitrogen functional groups attached to an aromatic ring is 1. The Morgan fingerprint density at radius 2 is 2.11 bits per heavy atom. The van der Waals surface area contributed by atoms with Crippen LogP contribution >= 0.6 is 11.8 Å². The van der Waals surface area contributed by atoms with Crippen molar-refractivity contribution in [2.45, 2.75) is 18.6 Å². The molecule has 98 valence electrons. The van der Waals surface area contributed by atoms with Crippen molar-refractivity contribution in [1.29, 1.82) is 0 Å². The molecule has 18 heavy (non-hydrogen) atoms. The largest absolute Gasteiger partial charge is 0.398 e. The summed E-state index contributed by atoms with van der Waals surface area (Å²) in [6, 6.07) is 4.34. The normalized spacial score (nSPS) is 15.1. The smallest absolute Gasteiger partial charge is 0.232 e. The van der Waals surface area contributed by atoms with E-state index in [9.17, 15) is 9.18 Å². The Balaban J connectivity index is 1.81. The lowest BCUT2D eigenvalue weighted by Crippen LogP contribution is -2.29. The molecule has 1 saturated heterocycles. The molecule has 3 nitrogen and oxygen atoms in total. The van der Waals surface area contributed by atoms with Crippen molar-refractivity contribution in [1.82, 2.24) is 4.90 Å². The van der Waals surface area contributed by atoms with E-state index in [1.165, 1.54) is 23.9 Å². The molecule has 0 bridgehead atoms. The zero-order chi connectivity index (χ0) is 13.0. The maximum absolute atomic E-state index is 13.0. The molecule has 1 fully saturated rings. The number of halogens is 1. The topological polar surface area (TPSA) is 46.3 Å². The van der Waals surface area contributed by atoms with Crippen molar-refractivity contribution in [2.75, 3.05) is 24.6 Å². The van der Waals surface area contributed by atoms with Gasteiger partial charge in [-0.2, -0.15) is 0 Å². The van der Waals surface area contributed by atoms with E-state index in [2.05, 4.69) is 0 Å². The first kappa shape index (κ1) is 13.2. The minimum absolute atomic E-state index is 0.174. The first-order valence-electron chi connectivity index (χ1n) is 6.06. The molecular weight excluding hydrogens is 251 g/mol. The predicted octanol–water partition coefficient (Wildman–Crippen LogP) is 2.26. The Morgan fingerprint density at radius 1 is 1.39 bits per heavy atom. The molecule has 1 amide bonds. The number of likely N-dealkylation sites (tertiary alicyclic amines) is 1. The summed E-state index contributed by atoms with van der Waals surface area (Å²) >= 11 is 1.49. The molecule has 1 aromatic rings. The van der Waals surface area contributed by atoms with Crippen LogP contribution in [0.2, 0.25) is 0 Å². The highest BCUT2D eigenvalue weighted by Crippen LogP contribution is 2.20. The van der Waals surface area contributed by atoms with Gasteiger partial charge in [-0.1, -0.05) is 0 Å². The number of nitrogens with two attached hydrogens (primary N) is 1. The zero-order valence-corrected chi connectivity index (χ0v) is 11.0. The average molecular weight is 268 g/mol. The summed E-state index contributed by atoms with van der Waals surface area (Å²) in [5.41, 5.74) is 7.09. The number of hydrogen-bond donors (Lipinski definition) is 1. The van der Waals surface area contributed by atoms with Gasteiger partial charge in [0.15, 0.2) is 0 Å². The van der Waals surface area contributed by atoms with Gasteiger partial charge in [0.05, 0.1) is 5.75 Å².